The van der Waals surface area contributed by atoms with Crippen LogP contribution in [0.3, 0.4) is 0 Å². The Bertz CT molecular complexity index is 426. The maximum absolute atomic E-state index is 12.1. The number of nitrogens with one attached hydrogen (secondary N) is 2. The fraction of sp³-hybridized carbons (Fsp3) is 0.615. The SMILES string of the molecule is N#CC1(C(=O)NCCc2cnc[nH]2)CCCCC1. The molecule has 0 spiro atoms. The summed E-state index contributed by atoms with van der Waals surface area (Å²) >= 11 is 0. The predicted octanol–water partition coefficient (Wildman–Crippen LogP) is 1.54. The van der Waals surface area contributed by atoms with Crippen LogP contribution in [0.2, 0.25) is 0 Å². The van der Waals surface area contributed by atoms with Gasteiger partial charge in [-0.1, -0.05) is 19.3 Å². The van der Waals surface area contributed by atoms with Gasteiger partial charge in [0.1, 0.15) is 5.41 Å². The Labute approximate surface area is 107 Å². The van der Waals surface area contributed by atoms with Gasteiger partial charge in [-0.15, -0.1) is 0 Å². The molecule has 2 N–H and O–H groups in total. The van der Waals surface area contributed by atoms with Gasteiger partial charge in [-0.25, -0.2) is 4.98 Å². The van der Waals surface area contributed by atoms with E-state index in [4.69, 9.17) is 0 Å². The van der Waals surface area contributed by atoms with Crippen molar-refractivity contribution in [2.75, 3.05) is 6.54 Å². The van der Waals surface area contributed by atoms with E-state index in [-0.39, 0.29) is 5.91 Å². The van der Waals surface area contributed by atoms with Gasteiger partial charge in [0.05, 0.1) is 12.4 Å². The van der Waals surface area contributed by atoms with Gasteiger partial charge in [-0.05, 0) is 12.8 Å². The van der Waals surface area contributed by atoms with E-state index in [1.807, 2.05) is 0 Å². The number of rotatable bonds is 4. The van der Waals surface area contributed by atoms with Crippen LogP contribution in [0.15, 0.2) is 12.5 Å². The van der Waals surface area contributed by atoms with Gasteiger partial charge in [0.15, 0.2) is 0 Å². The number of H-pyrrole nitrogens is 1. The Balaban J connectivity index is 1.84. The molecule has 0 unspecified atom stereocenters. The summed E-state index contributed by atoms with van der Waals surface area (Å²) in [6, 6.07) is 2.23. The molecule has 1 aliphatic carbocycles. The Morgan fingerprint density at radius 1 is 1.50 bits per heavy atom. The van der Waals surface area contributed by atoms with Crippen molar-refractivity contribution in [3.05, 3.63) is 18.2 Å². The number of nitrogens with zero attached hydrogens (tertiary/aromatic N) is 2. The van der Waals surface area contributed by atoms with E-state index in [0.29, 0.717) is 25.8 Å². The topological polar surface area (TPSA) is 81.6 Å². The van der Waals surface area contributed by atoms with Gasteiger partial charge in [0.25, 0.3) is 0 Å². The Kier molecular flexibility index (Phi) is 3.98. The molecule has 5 nitrogen and oxygen atoms in total. The number of hydrogen-bond acceptors (Lipinski definition) is 3. The normalized spacial score (nSPS) is 17.9. The van der Waals surface area contributed by atoms with E-state index < -0.39 is 5.41 Å². The zero-order chi connectivity index (χ0) is 12.8. The van der Waals surface area contributed by atoms with Crippen LogP contribution in [0.1, 0.15) is 37.8 Å². The highest BCUT2D eigenvalue weighted by Gasteiger charge is 2.39. The third-order valence-electron chi connectivity index (χ3n) is 3.59. The van der Waals surface area contributed by atoms with Crippen molar-refractivity contribution in [1.82, 2.24) is 15.3 Å². The molecule has 1 heterocycles. The van der Waals surface area contributed by atoms with E-state index in [2.05, 4.69) is 21.4 Å². The molecule has 0 aromatic carbocycles. The number of aromatic amines is 1. The smallest absolute Gasteiger partial charge is 0.240 e. The Morgan fingerprint density at radius 2 is 2.28 bits per heavy atom. The highest BCUT2D eigenvalue weighted by molar-refractivity contribution is 5.85. The largest absolute Gasteiger partial charge is 0.354 e. The average molecular weight is 246 g/mol. The van der Waals surface area contributed by atoms with Crippen LogP contribution < -0.4 is 5.32 Å². The van der Waals surface area contributed by atoms with Crippen LogP contribution in [0.5, 0.6) is 0 Å². The van der Waals surface area contributed by atoms with Gasteiger partial charge >= 0.3 is 0 Å². The number of nitriles is 1. The van der Waals surface area contributed by atoms with Crippen LogP contribution in [0.4, 0.5) is 0 Å². The third-order valence-corrected chi connectivity index (χ3v) is 3.59. The molecule has 1 fully saturated rings. The molecule has 96 valence electrons. The number of aromatic nitrogens is 2. The summed E-state index contributed by atoms with van der Waals surface area (Å²) in [6.45, 7) is 0.546. The molecule has 2 rings (SSSR count). The average Bonchev–Trinajstić information content (AvgIpc) is 2.92. The van der Waals surface area contributed by atoms with Crippen LogP contribution in [0.25, 0.3) is 0 Å². The fourth-order valence-electron chi connectivity index (χ4n) is 2.45. The molecule has 1 aromatic rings. The summed E-state index contributed by atoms with van der Waals surface area (Å²) in [6.07, 6.45) is 8.54. The second-order valence-corrected chi connectivity index (χ2v) is 4.84. The van der Waals surface area contributed by atoms with Gasteiger partial charge in [-0.3, -0.25) is 4.79 Å². The number of amides is 1. The van der Waals surface area contributed by atoms with Crippen molar-refractivity contribution < 1.29 is 4.79 Å². The molecule has 0 atom stereocenters. The highest BCUT2D eigenvalue weighted by Crippen LogP contribution is 2.35. The second-order valence-electron chi connectivity index (χ2n) is 4.84. The molecule has 1 amide bonds. The summed E-state index contributed by atoms with van der Waals surface area (Å²) in [5.74, 6) is -0.107. The highest BCUT2D eigenvalue weighted by atomic mass is 16.2. The molecule has 1 saturated carbocycles. The first-order valence-electron chi connectivity index (χ1n) is 6.44. The van der Waals surface area contributed by atoms with E-state index in [0.717, 1.165) is 25.0 Å². The second kappa shape index (κ2) is 5.67. The van der Waals surface area contributed by atoms with Gasteiger partial charge in [0.2, 0.25) is 5.91 Å². The number of imidazole rings is 1. The molecular weight excluding hydrogens is 228 g/mol. The van der Waals surface area contributed by atoms with Crippen molar-refractivity contribution in [2.24, 2.45) is 5.41 Å². The summed E-state index contributed by atoms with van der Waals surface area (Å²) in [5.41, 5.74) is 0.205. The molecular formula is C13H18N4O. The maximum Gasteiger partial charge on any atom is 0.240 e. The molecule has 5 heteroatoms. The number of carbonyl (C=O) groups is 1. The maximum atomic E-state index is 12.1. The van der Waals surface area contributed by atoms with Crippen LogP contribution >= 0.6 is 0 Å². The number of hydrogen-bond donors (Lipinski definition) is 2. The minimum Gasteiger partial charge on any atom is -0.354 e. The standard InChI is InChI=1S/C13H18N4O/c14-9-13(5-2-1-3-6-13)12(18)16-7-4-11-8-15-10-17-11/h8,10H,1-7H2,(H,15,17)(H,16,18). The first kappa shape index (κ1) is 12.6. The van der Waals surface area contributed by atoms with E-state index in [9.17, 15) is 10.1 Å². The number of carbonyl (C=O) groups excluding carboxylic acids is 1. The summed E-state index contributed by atoms with van der Waals surface area (Å²) in [7, 11) is 0. The molecule has 0 bridgehead atoms. The van der Waals surface area contributed by atoms with Crippen LogP contribution in [-0.2, 0) is 11.2 Å². The lowest BCUT2D eigenvalue weighted by Gasteiger charge is -2.29. The summed E-state index contributed by atoms with van der Waals surface area (Å²) in [4.78, 5) is 19.0. The Morgan fingerprint density at radius 3 is 2.89 bits per heavy atom. The first-order valence-corrected chi connectivity index (χ1v) is 6.44. The lowest BCUT2D eigenvalue weighted by molar-refractivity contribution is -0.129. The zero-order valence-corrected chi connectivity index (χ0v) is 10.4. The van der Waals surface area contributed by atoms with Crippen LogP contribution in [0, 0.1) is 16.7 Å². The molecule has 1 aliphatic rings. The molecule has 1 aromatic heterocycles. The van der Waals surface area contributed by atoms with Gasteiger partial charge in [-0.2, -0.15) is 5.26 Å². The Hall–Kier alpha value is -1.83. The van der Waals surface area contributed by atoms with Crippen molar-refractivity contribution in [3.8, 4) is 6.07 Å². The lowest BCUT2D eigenvalue weighted by atomic mass is 9.74. The van der Waals surface area contributed by atoms with E-state index in [1.54, 1.807) is 12.5 Å². The zero-order valence-electron chi connectivity index (χ0n) is 10.4. The molecule has 0 radical (unpaired) electrons. The van der Waals surface area contributed by atoms with E-state index >= 15 is 0 Å². The molecule has 18 heavy (non-hydrogen) atoms. The van der Waals surface area contributed by atoms with Crippen molar-refractivity contribution in [3.63, 3.8) is 0 Å². The van der Waals surface area contributed by atoms with Gasteiger partial charge < -0.3 is 10.3 Å². The van der Waals surface area contributed by atoms with Crippen molar-refractivity contribution in [2.45, 2.75) is 38.5 Å². The summed E-state index contributed by atoms with van der Waals surface area (Å²) < 4.78 is 0. The third kappa shape index (κ3) is 2.70. The molecule has 0 saturated heterocycles. The van der Waals surface area contributed by atoms with Crippen molar-refractivity contribution in [1.29, 1.82) is 5.26 Å². The minimum atomic E-state index is -0.785. The monoisotopic (exact) mass is 246 g/mol. The predicted molar refractivity (Wildman–Crippen MR) is 66.4 cm³/mol. The minimum absolute atomic E-state index is 0.107. The molecule has 0 aliphatic heterocycles. The van der Waals surface area contributed by atoms with Gasteiger partial charge in [0, 0.05) is 24.9 Å². The summed E-state index contributed by atoms with van der Waals surface area (Å²) in [5, 5.41) is 12.1. The quantitative estimate of drug-likeness (QED) is 0.845. The first-order chi connectivity index (χ1) is 8.77. The lowest BCUT2D eigenvalue weighted by Crippen LogP contribution is -2.42. The van der Waals surface area contributed by atoms with E-state index in [1.165, 1.54) is 0 Å². The van der Waals surface area contributed by atoms with Crippen LogP contribution in [-0.4, -0.2) is 22.4 Å². The fourth-order valence-corrected chi connectivity index (χ4v) is 2.45. The van der Waals surface area contributed by atoms with Crippen molar-refractivity contribution >= 4 is 5.91 Å².